The van der Waals surface area contributed by atoms with Crippen molar-refractivity contribution in [1.82, 2.24) is 24.1 Å². The van der Waals surface area contributed by atoms with Crippen molar-refractivity contribution in [3.63, 3.8) is 0 Å². The van der Waals surface area contributed by atoms with Gasteiger partial charge >= 0.3 is 0 Å². The summed E-state index contributed by atoms with van der Waals surface area (Å²) in [4.78, 5) is 20.1. The minimum absolute atomic E-state index is 0.164. The molecule has 2 aromatic carbocycles. The average Bonchev–Trinajstić information content (AvgIpc) is 3.26. The Morgan fingerprint density at radius 2 is 1.78 bits per heavy atom. The highest BCUT2D eigenvalue weighted by Crippen LogP contribution is 2.24. The Morgan fingerprint density at radius 3 is 2.52 bits per heavy atom. The van der Waals surface area contributed by atoms with Crippen molar-refractivity contribution < 1.29 is 0 Å². The van der Waals surface area contributed by atoms with Crippen molar-refractivity contribution in [2.24, 2.45) is 0 Å². The van der Waals surface area contributed by atoms with Crippen LogP contribution in [0.15, 0.2) is 65.6 Å². The summed E-state index contributed by atoms with van der Waals surface area (Å²) in [6.07, 6.45) is 1.62. The van der Waals surface area contributed by atoms with Crippen LogP contribution in [0.3, 0.4) is 0 Å². The molecule has 132 valence electrons. The van der Waals surface area contributed by atoms with Crippen LogP contribution in [0.2, 0.25) is 0 Å². The molecule has 27 heavy (non-hydrogen) atoms. The van der Waals surface area contributed by atoms with Gasteiger partial charge in [0.2, 0.25) is 0 Å². The van der Waals surface area contributed by atoms with E-state index >= 15 is 0 Å². The number of imidazole rings is 1. The molecule has 0 bridgehead atoms. The molecule has 0 atom stereocenters. The van der Waals surface area contributed by atoms with E-state index in [0.717, 1.165) is 39.5 Å². The number of nitrogens with zero attached hydrogens (tertiary/aromatic N) is 4. The molecular formula is C21H17N5O. The number of benzene rings is 2. The highest BCUT2D eigenvalue weighted by molar-refractivity contribution is 5.82. The molecule has 5 aromatic rings. The highest BCUT2D eigenvalue weighted by atomic mass is 16.1. The maximum Gasteiger partial charge on any atom is 0.274 e. The summed E-state index contributed by atoms with van der Waals surface area (Å²) in [7, 11) is 0. The minimum atomic E-state index is -0.164. The summed E-state index contributed by atoms with van der Waals surface area (Å²) in [6, 6.07) is 17.9. The molecular weight excluding hydrogens is 338 g/mol. The van der Waals surface area contributed by atoms with Gasteiger partial charge in [-0.1, -0.05) is 30.3 Å². The number of nitrogens with one attached hydrogen (secondary N) is 1. The molecule has 5 rings (SSSR count). The predicted molar refractivity (Wildman–Crippen MR) is 105 cm³/mol. The number of aromatic amines is 1. The summed E-state index contributed by atoms with van der Waals surface area (Å²) in [5, 5.41) is 4.53. The Balaban J connectivity index is 1.82. The SMILES string of the molecule is Cc1cc(C)n(-c2ccc3c(c2)[nH]c(=O)c2cnc(-c4ccccc4)n23)n1. The third-order valence-electron chi connectivity index (χ3n) is 4.75. The number of rotatable bonds is 2. The van der Waals surface area contributed by atoms with Gasteiger partial charge < -0.3 is 4.98 Å². The molecule has 0 saturated heterocycles. The van der Waals surface area contributed by atoms with E-state index < -0.39 is 0 Å². The topological polar surface area (TPSA) is 68.0 Å². The molecule has 0 unspecified atom stereocenters. The fourth-order valence-electron chi connectivity index (χ4n) is 3.57. The van der Waals surface area contributed by atoms with Crippen LogP contribution in [-0.2, 0) is 0 Å². The molecule has 0 spiro atoms. The Labute approximate surface area is 154 Å². The van der Waals surface area contributed by atoms with Crippen LogP contribution in [0.5, 0.6) is 0 Å². The third kappa shape index (κ3) is 2.38. The van der Waals surface area contributed by atoms with Crippen LogP contribution in [0, 0.1) is 13.8 Å². The first-order chi connectivity index (χ1) is 13.1. The second kappa shape index (κ2) is 5.67. The Kier molecular flexibility index (Phi) is 3.27. The number of hydrogen-bond acceptors (Lipinski definition) is 3. The zero-order valence-corrected chi connectivity index (χ0v) is 15.0. The lowest BCUT2D eigenvalue weighted by molar-refractivity contribution is 0.834. The van der Waals surface area contributed by atoms with Gasteiger partial charge in [0.15, 0.2) is 0 Å². The molecule has 0 aliphatic heterocycles. The zero-order valence-electron chi connectivity index (χ0n) is 15.0. The van der Waals surface area contributed by atoms with E-state index in [4.69, 9.17) is 0 Å². The zero-order chi connectivity index (χ0) is 18.5. The van der Waals surface area contributed by atoms with Crippen LogP contribution in [0.25, 0.3) is 33.6 Å². The van der Waals surface area contributed by atoms with Crippen molar-refractivity contribution in [1.29, 1.82) is 0 Å². The normalized spacial score (nSPS) is 11.5. The quantitative estimate of drug-likeness (QED) is 0.526. The van der Waals surface area contributed by atoms with Gasteiger partial charge in [-0.2, -0.15) is 5.10 Å². The summed E-state index contributed by atoms with van der Waals surface area (Å²) in [5.41, 5.74) is 5.87. The first-order valence-corrected chi connectivity index (χ1v) is 8.74. The molecule has 0 aliphatic carbocycles. The molecule has 0 saturated carbocycles. The lowest BCUT2D eigenvalue weighted by atomic mass is 10.2. The largest absolute Gasteiger partial charge is 0.319 e. The van der Waals surface area contributed by atoms with Gasteiger partial charge in [-0.3, -0.25) is 9.20 Å². The molecule has 1 N–H and O–H groups in total. The Morgan fingerprint density at radius 1 is 0.963 bits per heavy atom. The fraction of sp³-hybridized carbons (Fsp3) is 0.0952. The fourth-order valence-corrected chi connectivity index (χ4v) is 3.57. The van der Waals surface area contributed by atoms with Gasteiger partial charge in [0.1, 0.15) is 11.3 Å². The van der Waals surface area contributed by atoms with E-state index in [1.807, 2.05) is 77.5 Å². The Bertz CT molecular complexity index is 1360. The summed E-state index contributed by atoms with van der Waals surface area (Å²) in [6.45, 7) is 3.98. The van der Waals surface area contributed by atoms with E-state index in [-0.39, 0.29) is 5.56 Å². The number of aryl methyl sites for hydroxylation is 2. The maximum atomic E-state index is 12.6. The minimum Gasteiger partial charge on any atom is -0.319 e. The van der Waals surface area contributed by atoms with E-state index in [9.17, 15) is 4.79 Å². The molecule has 0 fully saturated rings. The third-order valence-corrected chi connectivity index (χ3v) is 4.75. The first kappa shape index (κ1) is 15.6. The van der Waals surface area contributed by atoms with E-state index in [2.05, 4.69) is 15.1 Å². The number of aromatic nitrogens is 5. The number of H-pyrrole nitrogens is 1. The average molecular weight is 355 g/mol. The van der Waals surface area contributed by atoms with Crippen LogP contribution in [0.1, 0.15) is 11.4 Å². The van der Waals surface area contributed by atoms with Crippen LogP contribution >= 0.6 is 0 Å². The van der Waals surface area contributed by atoms with Gasteiger partial charge in [-0.05, 0) is 38.1 Å². The van der Waals surface area contributed by atoms with Crippen LogP contribution < -0.4 is 5.56 Å². The predicted octanol–water partition coefficient (Wildman–Crippen LogP) is 3.65. The maximum absolute atomic E-state index is 12.6. The van der Waals surface area contributed by atoms with Gasteiger partial charge in [0.05, 0.1) is 28.6 Å². The van der Waals surface area contributed by atoms with E-state index in [1.54, 1.807) is 6.20 Å². The van der Waals surface area contributed by atoms with Gasteiger partial charge in [-0.25, -0.2) is 9.67 Å². The summed E-state index contributed by atoms with van der Waals surface area (Å²) in [5.74, 6) is 0.751. The molecule has 6 nitrogen and oxygen atoms in total. The summed E-state index contributed by atoms with van der Waals surface area (Å²) >= 11 is 0. The molecule has 0 radical (unpaired) electrons. The van der Waals surface area contributed by atoms with Crippen molar-refractivity contribution in [2.75, 3.05) is 0 Å². The number of hydrogen-bond donors (Lipinski definition) is 1. The van der Waals surface area contributed by atoms with Crippen molar-refractivity contribution in [3.8, 4) is 17.1 Å². The number of fused-ring (bicyclic) bond motifs is 3. The summed E-state index contributed by atoms with van der Waals surface area (Å²) < 4.78 is 3.79. The van der Waals surface area contributed by atoms with Gasteiger partial charge in [0.25, 0.3) is 5.56 Å². The van der Waals surface area contributed by atoms with Crippen LogP contribution in [0.4, 0.5) is 0 Å². The van der Waals surface area contributed by atoms with Crippen LogP contribution in [-0.4, -0.2) is 24.1 Å². The monoisotopic (exact) mass is 355 g/mol. The Hall–Kier alpha value is -3.67. The van der Waals surface area contributed by atoms with Gasteiger partial charge in [-0.15, -0.1) is 0 Å². The highest BCUT2D eigenvalue weighted by Gasteiger charge is 2.13. The molecule has 0 amide bonds. The molecule has 6 heteroatoms. The van der Waals surface area contributed by atoms with E-state index in [0.29, 0.717) is 5.52 Å². The van der Waals surface area contributed by atoms with Crippen molar-refractivity contribution in [2.45, 2.75) is 13.8 Å². The standard InChI is InChI=1S/C21H17N5O/c1-13-10-14(2)26(24-13)16-8-9-18-17(11-16)23-21(27)19-12-22-20(25(18)19)15-6-4-3-5-7-15/h3-12H,1-2H3,(H,23,27). The molecule has 3 aromatic heterocycles. The second-order valence-corrected chi connectivity index (χ2v) is 6.66. The lowest BCUT2D eigenvalue weighted by Gasteiger charge is -2.09. The van der Waals surface area contributed by atoms with Crippen molar-refractivity contribution >= 4 is 16.6 Å². The van der Waals surface area contributed by atoms with Crippen molar-refractivity contribution in [3.05, 3.63) is 82.5 Å². The smallest absolute Gasteiger partial charge is 0.274 e. The molecule has 0 aliphatic rings. The van der Waals surface area contributed by atoms with E-state index in [1.165, 1.54) is 0 Å². The molecule has 3 heterocycles. The first-order valence-electron chi connectivity index (χ1n) is 8.74. The van der Waals surface area contributed by atoms with Gasteiger partial charge in [0, 0.05) is 11.3 Å². The lowest BCUT2D eigenvalue weighted by Crippen LogP contribution is -2.11. The second-order valence-electron chi connectivity index (χ2n) is 6.66.